The van der Waals surface area contributed by atoms with Gasteiger partial charge in [-0.3, -0.25) is 0 Å². The summed E-state index contributed by atoms with van der Waals surface area (Å²) in [6.07, 6.45) is 3.54. The molecule has 0 saturated carbocycles. The summed E-state index contributed by atoms with van der Waals surface area (Å²) in [5, 5.41) is 0. The van der Waals surface area contributed by atoms with Crippen LogP contribution in [0.15, 0.2) is 12.7 Å². The standard InChI is InChI=1S/C13H24O2/c1-6-13(14)15-9-12(11(4)5)8-7-10(2)3/h6,10-12H,1,7-9H2,2-5H3. The monoisotopic (exact) mass is 212 g/mol. The van der Waals surface area contributed by atoms with Crippen molar-refractivity contribution in [2.75, 3.05) is 6.61 Å². The van der Waals surface area contributed by atoms with E-state index >= 15 is 0 Å². The Bertz CT molecular complexity index is 195. The van der Waals surface area contributed by atoms with E-state index in [0.717, 1.165) is 6.42 Å². The van der Waals surface area contributed by atoms with Gasteiger partial charge < -0.3 is 4.74 Å². The lowest BCUT2D eigenvalue weighted by Gasteiger charge is -2.21. The van der Waals surface area contributed by atoms with Crippen LogP contribution in [0.25, 0.3) is 0 Å². The van der Waals surface area contributed by atoms with Gasteiger partial charge in [0.25, 0.3) is 0 Å². The number of esters is 1. The molecule has 0 saturated heterocycles. The van der Waals surface area contributed by atoms with Crippen molar-refractivity contribution in [3.8, 4) is 0 Å². The summed E-state index contributed by atoms with van der Waals surface area (Å²) in [5.41, 5.74) is 0. The number of carbonyl (C=O) groups is 1. The van der Waals surface area contributed by atoms with Crippen LogP contribution in [-0.2, 0) is 9.53 Å². The molecule has 0 aromatic carbocycles. The normalized spacial score (nSPS) is 12.9. The third kappa shape index (κ3) is 7.18. The molecule has 0 amide bonds. The predicted molar refractivity (Wildman–Crippen MR) is 63.6 cm³/mol. The fourth-order valence-electron chi connectivity index (χ4n) is 1.40. The summed E-state index contributed by atoms with van der Waals surface area (Å²) in [6, 6.07) is 0. The summed E-state index contributed by atoms with van der Waals surface area (Å²) in [6.45, 7) is 12.7. The second-order valence-corrected chi connectivity index (χ2v) is 4.81. The van der Waals surface area contributed by atoms with Gasteiger partial charge in [0.15, 0.2) is 0 Å². The lowest BCUT2D eigenvalue weighted by atomic mass is 9.89. The minimum absolute atomic E-state index is 0.315. The molecule has 0 aliphatic heterocycles. The molecule has 15 heavy (non-hydrogen) atoms. The zero-order valence-corrected chi connectivity index (χ0v) is 10.5. The van der Waals surface area contributed by atoms with Crippen molar-refractivity contribution >= 4 is 5.97 Å². The molecular weight excluding hydrogens is 188 g/mol. The fourth-order valence-corrected chi connectivity index (χ4v) is 1.40. The van der Waals surface area contributed by atoms with Crippen molar-refractivity contribution in [1.82, 2.24) is 0 Å². The summed E-state index contributed by atoms with van der Waals surface area (Å²) in [7, 11) is 0. The molecular formula is C13H24O2. The Morgan fingerprint density at radius 3 is 2.27 bits per heavy atom. The second kappa shape index (κ2) is 7.49. The van der Waals surface area contributed by atoms with Crippen molar-refractivity contribution < 1.29 is 9.53 Å². The summed E-state index contributed by atoms with van der Waals surface area (Å²) in [5.74, 6) is 1.42. The van der Waals surface area contributed by atoms with Crippen molar-refractivity contribution in [3.63, 3.8) is 0 Å². The largest absolute Gasteiger partial charge is 0.462 e. The molecule has 88 valence electrons. The van der Waals surface area contributed by atoms with Gasteiger partial charge in [0, 0.05) is 6.08 Å². The molecule has 0 rings (SSSR count). The van der Waals surface area contributed by atoms with Crippen molar-refractivity contribution in [1.29, 1.82) is 0 Å². The molecule has 0 bridgehead atoms. The third-order valence-electron chi connectivity index (χ3n) is 2.66. The minimum Gasteiger partial charge on any atom is -0.462 e. The Balaban J connectivity index is 3.93. The molecule has 0 N–H and O–H groups in total. The van der Waals surface area contributed by atoms with Crippen LogP contribution in [0.1, 0.15) is 40.5 Å². The van der Waals surface area contributed by atoms with E-state index < -0.39 is 0 Å². The first-order chi connectivity index (χ1) is 6.97. The van der Waals surface area contributed by atoms with Crippen LogP contribution in [0.5, 0.6) is 0 Å². The van der Waals surface area contributed by atoms with Crippen molar-refractivity contribution in [2.24, 2.45) is 17.8 Å². The highest BCUT2D eigenvalue weighted by Gasteiger charge is 2.15. The molecule has 0 aromatic rings. The average molecular weight is 212 g/mol. The van der Waals surface area contributed by atoms with Crippen LogP contribution < -0.4 is 0 Å². The zero-order chi connectivity index (χ0) is 11.8. The quantitative estimate of drug-likeness (QED) is 0.477. The first kappa shape index (κ1) is 14.2. The molecule has 1 atom stereocenters. The van der Waals surface area contributed by atoms with E-state index in [1.54, 1.807) is 0 Å². The molecule has 1 unspecified atom stereocenters. The molecule has 2 heteroatoms. The Morgan fingerprint density at radius 2 is 1.87 bits per heavy atom. The van der Waals surface area contributed by atoms with Crippen molar-refractivity contribution in [2.45, 2.75) is 40.5 Å². The van der Waals surface area contributed by atoms with Crippen LogP contribution >= 0.6 is 0 Å². The summed E-state index contributed by atoms with van der Waals surface area (Å²) < 4.78 is 5.09. The smallest absolute Gasteiger partial charge is 0.330 e. The maximum atomic E-state index is 10.9. The van der Waals surface area contributed by atoms with Crippen LogP contribution in [-0.4, -0.2) is 12.6 Å². The van der Waals surface area contributed by atoms with Gasteiger partial charge >= 0.3 is 5.97 Å². The van der Waals surface area contributed by atoms with Gasteiger partial charge in [0.2, 0.25) is 0 Å². The van der Waals surface area contributed by atoms with Gasteiger partial charge in [-0.25, -0.2) is 4.79 Å². The number of rotatable bonds is 7. The van der Waals surface area contributed by atoms with E-state index in [2.05, 4.69) is 34.3 Å². The highest BCUT2D eigenvalue weighted by Crippen LogP contribution is 2.20. The Morgan fingerprint density at radius 1 is 1.27 bits per heavy atom. The lowest BCUT2D eigenvalue weighted by Crippen LogP contribution is -2.18. The first-order valence-corrected chi connectivity index (χ1v) is 5.76. The van der Waals surface area contributed by atoms with Crippen LogP contribution in [0.4, 0.5) is 0 Å². The van der Waals surface area contributed by atoms with Gasteiger partial charge in [-0.2, -0.15) is 0 Å². The first-order valence-electron chi connectivity index (χ1n) is 5.76. The summed E-state index contributed by atoms with van der Waals surface area (Å²) in [4.78, 5) is 10.9. The van der Waals surface area contributed by atoms with Gasteiger partial charge in [-0.15, -0.1) is 0 Å². The van der Waals surface area contributed by atoms with Crippen LogP contribution in [0.3, 0.4) is 0 Å². The molecule has 0 spiro atoms. The Kier molecular flexibility index (Phi) is 7.10. The topological polar surface area (TPSA) is 26.3 Å². The highest BCUT2D eigenvalue weighted by atomic mass is 16.5. The molecule has 0 aliphatic carbocycles. The van der Waals surface area contributed by atoms with Gasteiger partial charge in [-0.1, -0.05) is 40.7 Å². The fraction of sp³-hybridized carbons (Fsp3) is 0.769. The summed E-state index contributed by atoms with van der Waals surface area (Å²) >= 11 is 0. The van der Waals surface area contributed by atoms with Gasteiger partial charge in [0.1, 0.15) is 0 Å². The van der Waals surface area contributed by atoms with E-state index in [4.69, 9.17) is 4.74 Å². The molecule has 0 heterocycles. The molecule has 0 aromatic heterocycles. The Hall–Kier alpha value is -0.790. The Labute approximate surface area is 93.7 Å². The van der Waals surface area contributed by atoms with E-state index in [1.165, 1.54) is 12.5 Å². The number of ether oxygens (including phenoxy) is 1. The molecule has 0 aliphatic rings. The average Bonchev–Trinajstić information content (AvgIpc) is 2.16. The third-order valence-corrected chi connectivity index (χ3v) is 2.66. The van der Waals surface area contributed by atoms with Gasteiger partial charge in [-0.05, 0) is 24.2 Å². The second-order valence-electron chi connectivity index (χ2n) is 4.81. The van der Waals surface area contributed by atoms with E-state index in [-0.39, 0.29) is 5.97 Å². The molecule has 0 radical (unpaired) electrons. The van der Waals surface area contributed by atoms with Crippen LogP contribution in [0.2, 0.25) is 0 Å². The molecule has 2 nitrogen and oxygen atoms in total. The SMILES string of the molecule is C=CC(=O)OCC(CCC(C)C)C(C)C. The van der Waals surface area contributed by atoms with Crippen molar-refractivity contribution in [3.05, 3.63) is 12.7 Å². The maximum absolute atomic E-state index is 10.9. The maximum Gasteiger partial charge on any atom is 0.330 e. The van der Waals surface area contributed by atoms with E-state index in [9.17, 15) is 4.79 Å². The van der Waals surface area contributed by atoms with E-state index in [0.29, 0.717) is 24.4 Å². The van der Waals surface area contributed by atoms with Crippen LogP contribution in [0, 0.1) is 17.8 Å². The molecule has 0 fully saturated rings. The predicted octanol–water partition coefficient (Wildman–Crippen LogP) is 3.42. The number of hydrogen-bond acceptors (Lipinski definition) is 2. The lowest BCUT2D eigenvalue weighted by molar-refractivity contribution is -0.139. The number of hydrogen-bond donors (Lipinski definition) is 0. The minimum atomic E-state index is -0.315. The highest BCUT2D eigenvalue weighted by molar-refractivity contribution is 5.81. The number of carbonyl (C=O) groups excluding carboxylic acids is 1. The zero-order valence-electron chi connectivity index (χ0n) is 10.5. The van der Waals surface area contributed by atoms with E-state index in [1.807, 2.05) is 0 Å². The van der Waals surface area contributed by atoms with Gasteiger partial charge in [0.05, 0.1) is 6.61 Å².